The van der Waals surface area contributed by atoms with Gasteiger partial charge in [-0.3, -0.25) is 4.79 Å². The summed E-state index contributed by atoms with van der Waals surface area (Å²) in [6.07, 6.45) is 4.63. The number of hydrogen-bond acceptors (Lipinski definition) is 5. The lowest BCUT2D eigenvalue weighted by Gasteiger charge is -2.16. The Bertz CT molecular complexity index is 701. The molecule has 1 aromatic heterocycles. The molecule has 0 radical (unpaired) electrons. The fraction of sp³-hybridized carbons (Fsp3) is 0.250. The maximum Gasteiger partial charge on any atom is 0.337 e. The standard InChI is InChI=1S/C12H12FN3O4/c1-7(16-10(17)9(13)6-15-12(16)19)20-11(18)8-3-2-4-14-5-8/h2,4-7,14H,3H2,1H3,(H,15,19). The average Bonchev–Trinajstić information content (AvgIpc) is 2.44. The summed E-state index contributed by atoms with van der Waals surface area (Å²) in [6, 6.07) is 0. The Hall–Kier alpha value is -2.64. The predicted molar refractivity (Wildman–Crippen MR) is 67.1 cm³/mol. The molecule has 0 saturated carbocycles. The molecule has 1 aliphatic rings. The number of H-pyrrole nitrogens is 1. The quantitative estimate of drug-likeness (QED) is 0.768. The van der Waals surface area contributed by atoms with E-state index in [2.05, 4.69) is 5.32 Å². The third-order valence-electron chi connectivity index (χ3n) is 2.68. The molecule has 1 aliphatic heterocycles. The first-order valence-electron chi connectivity index (χ1n) is 5.81. The van der Waals surface area contributed by atoms with Gasteiger partial charge in [-0.2, -0.15) is 4.39 Å². The maximum atomic E-state index is 13.1. The summed E-state index contributed by atoms with van der Waals surface area (Å²) < 4.78 is 18.6. The van der Waals surface area contributed by atoms with Crippen LogP contribution in [0.2, 0.25) is 0 Å². The normalized spacial score (nSPS) is 15.2. The molecular formula is C12H12FN3O4. The van der Waals surface area contributed by atoms with Crippen molar-refractivity contribution in [2.75, 3.05) is 0 Å². The number of aromatic amines is 1. The molecule has 0 fully saturated rings. The maximum absolute atomic E-state index is 13.1. The average molecular weight is 281 g/mol. The van der Waals surface area contributed by atoms with E-state index in [1.165, 1.54) is 13.1 Å². The molecule has 0 bridgehead atoms. The fourth-order valence-corrected chi connectivity index (χ4v) is 1.68. The zero-order valence-corrected chi connectivity index (χ0v) is 10.6. The molecule has 0 spiro atoms. The van der Waals surface area contributed by atoms with Gasteiger partial charge in [0.05, 0.1) is 5.57 Å². The second-order valence-electron chi connectivity index (χ2n) is 4.06. The van der Waals surface area contributed by atoms with E-state index in [4.69, 9.17) is 4.74 Å². The van der Waals surface area contributed by atoms with Crippen molar-refractivity contribution in [1.82, 2.24) is 14.9 Å². The summed E-state index contributed by atoms with van der Waals surface area (Å²) in [5.41, 5.74) is -1.67. The number of halogens is 1. The molecule has 2 rings (SSSR count). The first-order chi connectivity index (χ1) is 9.50. The summed E-state index contributed by atoms with van der Waals surface area (Å²) in [4.78, 5) is 36.9. The molecule has 8 heteroatoms. The van der Waals surface area contributed by atoms with Gasteiger partial charge >= 0.3 is 11.7 Å². The minimum Gasteiger partial charge on any atom is -0.438 e. The van der Waals surface area contributed by atoms with E-state index in [-0.39, 0.29) is 0 Å². The van der Waals surface area contributed by atoms with Crippen molar-refractivity contribution >= 4 is 5.97 Å². The van der Waals surface area contributed by atoms with E-state index in [1.807, 2.05) is 4.98 Å². The number of nitrogens with zero attached hydrogens (tertiary/aromatic N) is 1. The number of rotatable bonds is 3. The lowest BCUT2D eigenvalue weighted by Crippen LogP contribution is -2.40. The second-order valence-corrected chi connectivity index (χ2v) is 4.06. The number of dihydropyridines is 1. The molecule has 0 saturated heterocycles. The minimum atomic E-state index is -1.22. The van der Waals surface area contributed by atoms with E-state index in [1.54, 1.807) is 12.3 Å². The molecule has 106 valence electrons. The third kappa shape index (κ3) is 2.68. The second kappa shape index (κ2) is 5.55. The van der Waals surface area contributed by atoms with Gasteiger partial charge in [0.1, 0.15) is 0 Å². The van der Waals surface area contributed by atoms with E-state index >= 15 is 0 Å². The number of hydrogen-bond donors (Lipinski definition) is 2. The van der Waals surface area contributed by atoms with Crippen LogP contribution in [0.1, 0.15) is 19.6 Å². The first kappa shape index (κ1) is 13.8. The van der Waals surface area contributed by atoms with Gasteiger partial charge in [0.25, 0.3) is 5.56 Å². The lowest BCUT2D eigenvalue weighted by atomic mass is 10.2. The van der Waals surface area contributed by atoms with Crippen molar-refractivity contribution in [2.45, 2.75) is 19.6 Å². The van der Waals surface area contributed by atoms with Crippen LogP contribution in [0.15, 0.2) is 39.8 Å². The molecule has 20 heavy (non-hydrogen) atoms. The molecule has 2 N–H and O–H groups in total. The van der Waals surface area contributed by atoms with Gasteiger partial charge in [-0.25, -0.2) is 14.2 Å². The van der Waals surface area contributed by atoms with Crippen molar-refractivity contribution in [2.24, 2.45) is 0 Å². The van der Waals surface area contributed by atoms with Crippen molar-refractivity contribution in [3.05, 3.63) is 56.9 Å². The Morgan fingerprint density at radius 1 is 1.50 bits per heavy atom. The fourth-order valence-electron chi connectivity index (χ4n) is 1.68. The van der Waals surface area contributed by atoms with E-state index < -0.39 is 29.3 Å². The van der Waals surface area contributed by atoms with Crippen molar-refractivity contribution < 1.29 is 13.9 Å². The highest BCUT2D eigenvalue weighted by Gasteiger charge is 2.19. The number of aromatic nitrogens is 2. The highest BCUT2D eigenvalue weighted by Crippen LogP contribution is 2.12. The van der Waals surface area contributed by atoms with Crippen LogP contribution in [0.25, 0.3) is 0 Å². The van der Waals surface area contributed by atoms with Gasteiger partial charge in [0.15, 0.2) is 6.23 Å². The summed E-state index contributed by atoms with van der Waals surface area (Å²) in [5.74, 6) is -1.82. The highest BCUT2D eigenvalue weighted by molar-refractivity contribution is 5.88. The zero-order chi connectivity index (χ0) is 14.7. The van der Waals surface area contributed by atoms with Crippen molar-refractivity contribution in [1.29, 1.82) is 0 Å². The van der Waals surface area contributed by atoms with Crippen LogP contribution in [0.5, 0.6) is 0 Å². The molecular weight excluding hydrogens is 269 g/mol. The zero-order valence-electron chi connectivity index (χ0n) is 10.6. The molecule has 0 aliphatic carbocycles. The topological polar surface area (TPSA) is 93.2 Å². The molecule has 7 nitrogen and oxygen atoms in total. The number of carbonyl (C=O) groups excluding carboxylic acids is 1. The Morgan fingerprint density at radius 3 is 2.90 bits per heavy atom. The van der Waals surface area contributed by atoms with Crippen LogP contribution in [-0.4, -0.2) is 15.5 Å². The number of esters is 1. The van der Waals surface area contributed by atoms with Crippen molar-refractivity contribution in [3.8, 4) is 0 Å². The Labute approximate surface area is 112 Å². The summed E-state index contributed by atoms with van der Waals surface area (Å²) in [6.45, 7) is 1.31. The van der Waals surface area contributed by atoms with Crippen LogP contribution in [0.3, 0.4) is 0 Å². The minimum absolute atomic E-state index is 0.334. The Kier molecular flexibility index (Phi) is 3.83. The number of ether oxygens (including phenoxy) is 1. The summed E-state index contributed by atoms with van der Waals surface area (Å²) in [7, 11) is 0. The van der Waals surface area contributed by atoms with Crippen LogP contribution in [0, 0.1) is 5.82 Å². The lowest BCUT2D eigenvalue weighted by molar-refractivity contribution is -0.148. The van der Waals surface area contributed by atoms with Gasteiger partial charge in [-0.15, -0.1) is 0 Å². The van der Waals surface area contributed by atoms with E-state index in [0.717, 1.165) is 0 Å². The molecule has 1 atom stereocenters. The SMILES string of the molecule is CC(OC(=O)C1=CNC=CC1)n1c(=O)[nH]cc(F)c1=O. The van der Waals surface area contributed by atoms with Gasteiger partial charge in [0, 0.05) is 18.8 Å². The largest absolute Gasteiger partial charge is 0.438 e. The van der Waals surface area contributed by atoms with Crippen LogP contribution < -0.4 is 16.6 Å². The number of carbonyl (C=O) groups is 1. The number of nitrogens with one attached hydrogen (secondary N) is 2. The monoisotopic (exact) mass is 281 g/mol. The third-order valence-corrected chi connectivity index (χ3v) is 2.68. The molecule has 0 amide bonds. The van der Waals surface area contributed by atoms with E-state index in [9.17, 15) is 18.8 Å². The van der Waals surface area contributed by atoms with Gasteiger partial charge < -0.3 is 15.0 Å². The molecule has 1 aromatic rings. The van der Waals surface area contributed by atoms with E-state index in [0.29, 0.717) is 22.8 Å². The van der Waals surface area contributed by atoms with Gasteiger partial charge in [-0.1, -0.05) is 6.08 Å². The van der Waals surface area contributed by atoms with Gasteiger partial charge in [-0.05, 0) is 13.1 Å². The van der Waals surface area contributed by atoms with Crippen LogP contribution in [-0.2, 0) is 9.53 Å². The molecule has 0 aromatic carbocycles. The summed E-state index contributed by atoms with van der Waals surface area (Å²) in [5, 5.41) is 2.72. The predicted octanol–water partition coefficient (Wildman–Crippen LogP) is 0.128. The Morgan fingerprint density at radius 2 is 2.25 bits per heavy atom. The van der Waals surface area contributed by atoms with Gasteiger partial charge in [0.2, 0.25) is 5.82 Å². The molecule has 2 heterocycles. The summed E-state index contributed by atoms with van der Waals surface area (Å²) >= 11 is 0. The van der Waals surface area contributed by atoms with Crippen LogP contribution >= 0.6 is 0 Å². The first-order valence-corrected chi connectivity index (χ1v) is 5.81. The highest BCUT2D eigenvalue weighted by atomic mass is 19.1. The van der Waals surface area contributed by atoms with Crippen LogP contribution in [0.4, 0.5) is 4.39 Å². The Balaban J connectivity index is 2.21. The number of allylic oxidation sites excluding steroid dienone is 1. The smallest absolute Gasteiger partial charge is 0.337 e. The molecule has 1 unspecified atom stereocenters. The van der Waals surface area contributed by atoms with Crippen molar-refractivity contribution in [3.63, 3.8) is 0 Å².